The molecular formula is C23H52. The highest BCUT2D eigenvalue weighted by atomic mass is 14.2. The second-order valence-corrected chi connectivity index (χ2v) is 4.22. The molecule has 0 nitrogen and oxygen atoms in total. The average Bonchev–Trinajstić information content (AvgIpc) is 2.64. The Morgan fingerprint density at radius 3 is 1.30 bits per heavy atom. The van der Waals surface area contributed by atoms with Crippen LogP contribution in [0.15, 0.2) is 22.3 Å². The molecule has 0 amide bonds. The predicted octanol–water partition coefficient (Wildman–Crippen LogP) is 9.61. The molecule has 0 aromatic heterocycles. The lowest BCUT2D eigenvalue weighted by Crippen LogP contribution is -2.10. The van der Waals surface area contributed by atoms with Gasteiger partial charge in [0.05, 0.1) is 0 Å². The Balaban J connectivity index is -0.0000000923. The van der Waals surface area contributed by atoms with E-state index in [-0.39, 0.29) is 0 Å². The molecule has 144 valence electrons. The van der Waals surface area contributed by atoms with Crippen LogP contribution in [-0.4, -0.2) is 0 Å². The molecule has 0 radical (unpaired) electrons. The van der Waals surface area contributed by atoms with E-state index < -0.39 is 0 Å². The van der Waals surface area contributed by atoms with Gasteiger partial charge >= 0.3 is 0 Å². The number of hydrogen-bond acceptors (Lipinski definition) is 0. The fourth-order valence-electron chi connectivity index (χ4n) is 2.77. The van der Waals surface area contributed by atoms with Crippen LogP contribution in [0, 0.1) is 5.92 Å². The molecule has 1 aliphatic carbocycles. The highest BCUT2D eigenvalue weighted by molar-refractivity contribution is 5.41. The Morgan fingerprint density at radius 2 is 1.04 bits per heavy atom. The van der Waals surface area contributed by atoms with Crippen molar-refractivity contribution in [2.45, 2.75) is 123 Å². The summed E-state index contributed by atoms with van der Waals surface area (Å²) in [6.45, 7) is 31.5. The SMILES string of the molecule is CC.CC.CC.CC.CC.CCC1=C(C)CC(C)C(CC)=C1C. The van der Waals surface area contributed by atoms with Crippen molar-refractivity contribution in [2.24, 2.45) is 5.92 Å². The molecule has 0 saturated heterocycles. The third kappa shape index (κ3) is 14.8. The number of hydrogen-bond donors (Lipinski definition) is 0. The molecule has 1 atom stereocenters. The molecule has 1 rings (SSSR count). The summed E-state index contributed by atoms with van der Waals surface area (Å²) in [7, 11) is 0. The van der Waals surface area contributed by atoms with Crippen LogP contribution in [0.3, 0.4) is 0 Å². The summed E-state index contributed by atoms with van der Waals surface area (Å²) in [5.74, 6) is 0.778. The van der Waals surface area contributed by atoms with Crippen molar-refractivity contribution in [3.63, 3.8) is 0 Å². The molecule has 0 fully saturated rings. The minimum atomic E-state index is 0.778. The van der Waals surface area contributed by atoms with Gasteiger partial charge in [-0.3, -0.25) is 0 Å². The van der Waals surface area contributed by atoms with Gasteiger partial charge in [0.15, 0.2) is 0 Å². The van der Waals surface area contributed by atoms with Crippen LogP contribution >= 0.6 is 0 Å². The van der Waals surface area contributed by atoms with Gasteiger partial charge in [0, 0.05) is 0 Å². The van der Waals surface area contributed by atoms with E-state index in [1.54, 1.807) is 22.3 Å². The van der Waals surface area contributed by atoms with Crippen LogP contribution in [0.5, 0.6) is 0 Å². The lowest BCUT2D eigenvalue weighted by atomic mass is 9.79. The normalized spacial score (nSPS) is 15.0. The number of allylic oxidation sites excluding steroid dienone is 4. The highest BCUT2D eigenvalue weighted by Gasteiger charge is 2.19. The van der Waals surface area contributed by atoms with Crippen LogP contribution in [0.25, 0.3) is 0 Å². The van der Waals surface area contributed by atoms with Crippen molar-refractivity contribution in [1.29, 1.82) is 0 Å². The molecule has 0 spiro atoms. The summed E-state index contributed by atoms with van der Waals surface area (Å²) in [5, 5.41) is 0. The maximum Gasteiger partial charge on any atom is -0.0189 e. The summed E-state index contributed by atoms with van der Waals surface area (Å²) in [6.07, 6.45) is 3.71. The Labute approximate surface area is 151 Å². The van der Waals surface area contributed by atoms with E-state index in [0.29, 0.717) is 0 Å². The van der Waals surface area contributed by atoms with Gasteiger partial charge in [-0.1, -0.05) is 101 Å². The second-order valence-electron chi connectivity index (χ2n) is 4.22. The van der Waals surface area contributed by atoms with Crippen molar-refractivity contribution < 1.29 is 0 Å². The number of rotatable bonds is 2. The fraction of sp³-hybridized carbons (Fsp3) is 0.826. The molecular weight excluding hydrogens is 276 g/mol. The lowest BCUT2D eigenvalue weighted by molar-refractivity contribution is 0.618. The van der Waals surface area contributed by atoms with E-state index in [1.165, 1.54) is 19.3 Å². The van der Waals surface area contributed by atoms with Crippen LogP contribution in [0.2, 0.25) is 0 Å². The minimum absolute atomic E-state index is 0.778. The second kappa shape index (κ2) is 29.5. The van der Waals surface area contributed by atoms with E-state index in [9.17, 15) is 0 Å². The van der Waals surface area contributed by atoms with Crippen molar-refractivity contribution in [2.75, 3.05) is 0 Å². The largest absolute Gasteiger partial charge is 0.0693 e. The highest BCUT2D eigenvalue weighted by Crippen LogP contribution is 2.36. The minimum Gasteiger partial charge on any atom is -0.0693 e. The molecule has 23 heavy (non-hydrogen) atoms. The average molecular weight is 329 g/mol. The van der Waals surface area contributed by atoms with Crippen molar-refractivity contribution in [1.82, 2.24) is 0 Å². The van der Waals surface area contributed by atoms with E-state index >= 15 is 0 Å². The Hall–Kier alpha value is -0.520. The zero-order valence-electron chi connectivity index (χ0n) is 19.7. The van der Waals surface area contributed by atoms with Crippen LogP contribution in [0.1, 0.15) is 123 Å². The molecule has 0 N–H and O–H groups in total. The molecule has 0 heterocycles. The Bertz CT molecular complexity index is 253. The quantitative estimate of drug-likeness (QED) is 0.473. The van der Waals surface area contributed by atoms with Crippen LogP contribution in [0.4, 0.5) is 0 Å². The Morgan fingerprint density at radius 1 is 0.696 bits per heavy atom. The van der Waals surface area contributed by atoms with Gasteiger partial charge in [-0.2, -0.15) is 0 Å². The van der Waals surface area contributed by atoms with E-state index in [4.69, 9.17) is 0 Å². The summed E-state index contributed by atoms with van der Waals surface area (Å²) in [5.41, 5.74) is 6.50. The summed E-state index contributed by atoms with van der Waals surface area (Å²) < 4.78 is 0. The first-order valence-electron chi connectivity index (χ1n) is 10.5. The van der Waals surface area contributed by atoms with Gasteiger partial charge in [-0.05, 0) is 50.2 Å². The van der Waals surface area contributed by atoms with E-state index in [2.05, 4.69) is 34.6 Å². The topological polar surface area (TPSA) is 0 Å². The summed E-state index contributed by atoms with van der Waals surface area (Å²) >= 11 is 0. The third-order valence-electron chi connectivity index (χ3n) is 3.39. The molecule has 0 aliphatic heterocycles. The van der Waals surface area contributed by atoms with Gasteiger partial charge in [0.25, 0.3) is 0 Å². The van der Waals surface area contributed by atoms with Crippen molar-refractivity contribution in [3.8, 4) is 0 Å². The van der Waals surface area contributed by atoms with Gasteiger partial charge < -0.3 is 0 Å². The van der Waals surface area contributed by atoms with E-state index in [0.717, 1.165) is 5.92 Å². The zero-order chi connectivity index (χ0) is 20.0. The lowest BCUT2D eigenvalue weighted by Gasteiger charge is -2.27. The first kappa shape index (κ1) is 33.9. The first-order chi connectivity index (χ1) is 11.1. The fourth-order valence-corrected chi connectivity index (χ4v) is 2.77. The molecule has 1 aliphatic rings. The van der Waals surface area contributed by atoms with Gasteiger partial charge in [0.1, 0.15) is 0 Å². The van der Waals surface area contributed by atoms with Crippen LogP contribution < -0.4 is 0 Å². The van der Waals surface area contributed by atoms with Gasteiger partial charge in [0.2, 0.25) is 0 Å². The molecule has 0 bridgehead atoms. The standard InChI is InChI=1S/C13H22.5C2H6/c1-6-12-9(3)8-10(4)13(7-2)11(12)5;5*1-2/h9H,6-8H2,1-5H3;5*1-2H3. The van der Waals surface area contributed by atoms with E-state index in [1.807, 2.05) is 69.2 Å². The first-order valence-corrected chi connectivity index (χ1v) is 10.5. The molecule has 1 unspecified atom stereocenters. The Kier molecular flexibility index (Phi) is 43.5. The predicted molar refractivity (Wildman–Crippen MR) is 117 cm³/mol. The van der Waals surface area contributed by atoms with Crippen molar-refractivity contribution in [3.05, 3.63) is 22.3 Å². The maximum absolute atomic E-state index is 2.36. The molecule has 0 aromatic carbocycles. The summed E-state index contributed by atoms with van der Waals surface area (Å²) in [6, 6.07) is 0. The monoisotopic (exact) mass is 328 g/mol. The zero-order valence-corrected chi connectivity index (χ0v) is 19.7. The molecule has 0 saturated carbocycles. The smallest absolute Gasteiger partial charge is 0.0189 e. The van der Waals surface area contributed by atoms with Gasteiger partial charge in [-0.25, -0.2) is 0 Å². The van der Waals surface area contributed by atoms with Crippen molar-refractivity contribution >= 4 is 0 Å². The maximum atomic E-state index is 2.36. The van der Waals surface area contributed by atoms with Gasteiger partial charge in [-0.15, -0.1) is 0 Å². The summed E-state index contributed by atoms with van der Waals surface area (Å²) in [4.78, 5) is 0. The molecule has 0 aromatic rings. The third-order valence-corrected chi connectivity index (χ3v) is 3.39. The molecule has 0 heteroatoms. The van der Waals surface area contributed by atoms with Crippen LogP contribution in [-0.2, 0) is 0 Å².